The summed E-state index contributed by atoms with van der Waals surface area (Å²) >= 11 is 1.36. The van der Waals surface area contributed by atoms with Crippen LogP contribution in [0.25, 0.3) is 10.2 Å². The number of aromatic amines is 1. The van der Waals surface area contributed by atoms with E-state index in [-0.39, 0.29) is 18.1 Å². The van der Waals surface area contributed by atoms with Gasteiger partial charge in [-0.05, 0) is 42.0 Å². The molecule has 0 aliphatic carbocycles. The number of anilines is 1. The second-order valence-corrected chi connectivity index (χ2v) is 7.79. The van der Waals surface area contributed by atoms with Crippen LogP contribution in [0.15, 0.2) is 34.6 Å². The first-order chi connectivity index (χ1) is 13.6. The lowest BCUT2D eigenvalue weighted by Crippen LogP contribution is -2.37. The molecule has 9 heteroatoms. The number of fused-ring (bicyclic) bond motifs is 1. The summed E-state index contributed by atoms with van der Waals surface area (Å²) in [7, 11) is 1.68. The van der Waals surface area contributed by atoms with Crippen molar-refractivity contribution in [1.29, 1.82) is 0 Å². The lowest BCUT2D eigenvalue weighted by atomic mass is 10.2. The van der Waals surface area contributed by atoms with Crippen LogP contribution in [-0.4, -0.2) is 46.0 Å². The highest BCUT2D eigenvalue weighted by Gasteiger charge is 2.15. The van der Waals surface area contributed by atoms with Gasteiger partial charge in [0.1, 0.15) is 16.3 Å². The second-order valence-electron chi connectivity index (χ2n) is 6.88. The quantitative estimate of drug-likeness (QED) is 0.688. The van der Waals surface area contributed by atoms with Crippen LogP contribution in [0.5, 0.6) is 0 Å². The van der Waals surface area contributed by atoms with Crippen molar-refractivity contribution in [2.45, 2.75) is 25.9 Å². The van der Waals surface area contributed by atoms with Crippen molar-refractivity contribution in [1.82, 2.24) is 25.2 Å². The molecule has 1 fully saturated rings. The first kappa shape index (κ1) is 18.4. The van der Waals surface area contributed by atoms with Gasteiger partial charge in [-0.1, -0.05) is 0 Å². The van der Waals surface area contributed by atoms with Crippen LogP contribution >= 0.6 is 11.3 Å². The van der Waals surface area contributed by atoms with Gasteiger partial charge in [0.05, 0.1) is 12.1 Å². The molecule has 0 unspecified atom stereocenters. The Morgan fingerprint density at radius 1 is 1.36 bits per heavy atom. The van der Waals surface area contributed by atoms with Crippen LogP contribution < -0.4 is 15.8 Å². The van der Waals surface area contributed by atoms with E-state index < -0.39 is 0 Å². The van der Waals surface area contributed by atoms with Gasteiger partial charge in [0, 0.05) is 32.9 Å². The Morgan fingerprint density at radius 3 is 3.00 bits per heavy atom. The van der Waals surface area contributed by atoms with E-state index in [2.05, 4.69) is 25.2 Å². The van der Waals surface area contributed by atoms with Gasteiger partial charge < -0.3 is 20.1 Å². The Labute approximate surface area is 166 Å². The Kier molecular flexibility index (Phi) is 5.25. The van der Waals surface area contributed by atoms with Crippen molar-refractivity contribution < 1.29 is 4.79 Å². The number of amides is 2. The summed E-state index contributed by atoms with van der Waals surface area (Å²) in [5, 5.41) is 4.74. The molecule has 1 aliphatic heterocycles. The van der Waals surface area contributed by atoms with E-state index in [1.807, 2.05) is 17.5 Å². The maximum Gasteiger partial charge on any atom is 0.317 e. The van der Waals surface area contributed by atoms with Crippen molar-refractivity contribution in [3.8, 4) is 0 Å². The fraction of sp³-hybridized carbons (Fsp3) is 0.368. The molecular formula is C19H22N6O2S. The monoisotopic (exact) mass is 398 g/mol. The number of H-pyrrole nitrogens is 1. The number of carbonyl (C=O) groups is 1. The number of hydrogen-bond donors (Lipinski definition) is 2. The second kappa shape index (κ2) is 7.97. The smallest absolute Gasteiger partial charge is 0.317 e. The van der Waals surface area contributed by atoms with Crippen LogP contribution in [0.1, 0.15) is 24.2 Å². The molecule has 0 aromatic carbocycles. The van der Waals surface area contributed by atoms with Gasteiger partial charge in [-0.2, -0.15) is 0 Å². The average molecular weight is 398 g/mol. The topological polar surface area (TPSA) is 94.2 Å². The molecular weight excluding hydrogens is 376 g/mol. The zero-order valence-corrected chi connectivity index (χ0v) is 16.5. The number of rotatable bonds is 5. The number of nitrogens with one attached hydrogen (secondary N) is 2. The molecule has 146 valence electrons. The lowest BCUT2D eigenvalue weighted by Gasteiger charge is -2.19. The molecule has 3 aromatic rings. The van der Waals surface area contributed by atoms with Gasteiger partial charge >= 0.3 is 6.03 Å². The number of aromatic nitrogens is 3. The SMILES string of the molecule is CN(Cc1nc2ccsc2c(=O)[nH]1)C(=O)NCc1ccnc(N2CCCC2)c1. The summed E-state index contributed by atoms with van der Waals surface area (Å²) in [4.78, 5) is 39.8. The molecule has 0 saturated carbocycles. The molecule has 2 amide bonds. The molecule has 3 aromatic heterocycles. The van der Waals surface area contributed by atoms with Crippen molar-refractivity contribution >= 4 is 33.4 Å². The molecule has 1 aliphatic rings. The van der Waals surface area contributed by atoms with E-state index in [1.54, 1.807) is 19.3 Å². The summed E-state index contributed by atoms with van der Waals surface area (Å²) in [5.74, 6) is 1.43. The predicted octanol–water partition coefficient (Wildman–Crippen LogP) is 2.32. The van der Waals surface area contributed by atoms with Gasteiger partial charge in [-0.25, -0.2) is 14.8 Å². The highest BCUT2D eigenvalue weighted by molar-refractivity contribution is 7.17. The van der Waals surface area contributed by atoms with Crippen molar-refractivity contribution in [3.05, 3.63) is 51.5 Å². The lowest BCUT2D eigenvalue weighted by molar-refractivity contribution is 0.205. The largest absolute Gasteiger partial charge is 0.357 e. The van der Waals surface area contributed by atoms with Gasteiger partial charge in [-0.15, -0.1) is 11.3 Å². The van der Waals surface area contributed by atoms with Gasteiger partial charge in [0.25, 0.3) is 5.56 Å². The summed E-state index contributed by atoms with van der Waals surface area (Å²) in [6.07, 6.45) is 4.17. The number of hydrogen-bond acceptors (Lipinski definition) is 6. The molecule has 0 spiro atoms. The minimum Gasteiger partial charge on any atom is -0.357 e. The molecule has 0 radical (unpaired) electrons. The summed E-state index contributed by atoms with van der Waals surface area (Å²) in [6, 6.07) is 5.51. The molecule has 8 nitrogen and oxygen atoms in total. The van der Waals surface area contributed by atoms with Gasteiger partial charge in [-0.3, -0.25) is 4.79 Å². The number of carbonyl (C=O) groups excluding carboxylic acids is 1. The highest BCUT2D eigenvalue weighted by Crippen LogP contribution is 2.18. The predicted molar refractivity (Wildman–Crippen MR) is 110 cm³/mol. The highest BCUT2D eigenvalue weighted by atomic mass is 32.1. The number of nitrogens with zero attached hydrogens (tertiary/aromatic N) is 4. The zero-order valence-electron chi connectivity index (χ0n) is 15.6. The number of thiophene rings is 1. The molecule has 0 bridgehead atoms. The van der Waals surface area contributed by atoms with Gasteiger partial charge in [0.15, 0.2) is 0 Å². The Balaban J connectivity index is 1.36. The van der Waals surface area contributed by atoms with Crippen molar-refractivity contribution in [2.24, 2.45) is 0 Å². The standard InChI is InChI=1S/C19H22N6O2S/c1-24(12-15-22-14-5-9-28-17(14)18(26)23-15)19(27)21-11-13-4-6-20-16(10-13)25-7-2-3-8-25/h4-6,9-10H,2-3,7-8,11-12H2,1H3,(H,21,27)(H,22,23,26). The molecule has 28 heavy (non-hydrogen) atoms. The third kappa shape index (κ3) is 3.99. The van der Waals surface area contributed by atoms with E-state index in [4.69, 9.17) is 0 Å². The van der Waals surface area contributed by atoms with Crippen LogP contribution in [0.4, 0.5) is 10.6 Å². The zero-order chi connectivity index (χ0) is 19.5. The van der Waals surface area contributed by atoms with E-state index in [0.29, 0.717) is 22.6 Å². The minimum absolute atomic E-state index is 0.171. The number of urea groups is 1. The third-order valence-electron chi connectivity index (χ3n) is 4.78. The molecule has 2 N–H and O–H groups in total. The molecule has 0 atom stereocenters. The Hall–Kier alpha value is -2.94. The first-order valence-corrected chi connectivity index (χ1v) is 10.1. The first-order valence-electron chi connectivity index (χ1n) is 9.25. The van der Waals surface area contributed by atoms with E-state index in [9.17, 15) is 9.59 Å². The van der Waals surface area contributed by atoms with Crippen LogP contribution in [0.3, 0.4) is 0 Å². The maximum absolute atomic E-state index is 12.4. The van der Waals surface area contributed by atoms with Crippen molar-refractivity contribution in [2.75, 3.05) is 25.0 Å². The fourth-order valence-corrected chi connectivity index (χ4v) is 4.02. The van der Waals surface area contributed by atoms with E-state index in [0.717, 1.165) is 24.5 Å². The Bertz CT molecular complexity index is 1040. The number of pyridine rings is 1. The maximum atomic E-state index is 12.4. The van der Waals surface area contributed by atoms with Crippen LogP contribution in [0.2, 0.25) is 0 Å². The molecule has 1 saturated heterocycles. The fourth-order valence-electron chi connectivity index (χ4n) is 3.30. The third-order valence-corrected chi connectivity index (χ3v) is 5.68. The molecule has 4 heterocycles. The van der Waals surface area contributed by atoms with Gasteiger partial charge in [0.2, 0.25) is 0 Å². The summed E-state index contributed by atoms with van der Waals surface area (Å²) in [5.41, 5.74) is 1.49. The van der Waals surface area contributed by atoms with E-state index in [1.165, 1.54) is 29.1 Å². The average Bonchev–Trinajstić information content (AvgIpc) is 3.38. The van der Waals surface area contributed by atoms with Crippen LogP contribution in [-0.2, 0) is 13.1 Å². The van der Waals surface area contributed by atoms with E-state index >= 15 is 0 Å². The normalized spacial score (nSPS) is 13.8. The summed E-state index contributed by atoms with van der Waals surface area (Å²) in [6.45, 7) is 2.71. The minimum atomic E-state index is -0.229. The van der Waals surface area contributed by atoms with Crippen LogP contribution in [0, 0.1) is 0 Å². The Morgan fingerprint density at radius 2 is 2.18 bits per heavy atom. The van der Waals surface area contributed by atoms with Crippen molar-refractivity contribution in [3.63, 3.8) is 0 Å². The summed E-state index contributed by atoms with van der Waals surface area (Å²) < 4.78 is 0.599. The molecule has 4 rings (SSSR count).